The van der Waals surface area contributed by atoms with Crippen molar-refractivity contribution >= 4 is 15.7 Å². The molecule has 0 heterocycles. The third-order valence-electron chi connectivity index (χ3n) is 3.46. The number of sulfonamides is 1. The van der Waals surface area contributed by atoms with Crippen molar-refractivity contribution in [3.8, 4) is 0 Å². The smallest absolute Gasteiger partial charge is 0.258 e. The average Bonchev–Trinajstić information content (AvgIpc) is 3.14. The fraction of sp³-hybridized carbons (Fsp3) is 0.538. The van der Waals surface area contributed by atoms with Gasteiger partial charge in [-0.15, -0.1) is 0 Å². The van der Waals surface area contributed by atoms with Crippen molar-refractivity contribution in [1.82, 2.24) is 4.72 Å². The number of nitrogens with zero attached hydrogens (tertiary/aromatic N) is 1. The second-order valence-corrected chi connectivity index (χ2v) is 7.25. The topological polar surface area (TPSA) is 89.3 Å². The Morgan fingerprint density at radius 1 is 1.48 bits per heavy atom. The Labute approximate surface area is 122 Å². The highest BCUT2D eigenvalue weighted by Crippen LogP contribution is 2.33. The molecule has 0 bridgehead atoms. The summed E-state index contributed by atoms with van der Waals surface area (Å²) in [5.74, 6) is -0.461. The van der Waals surface area contributed by atoms with Crippen LogP contribution in [-0.2, 0) is 10.0 Å². The normalized spacial score (nSPS) is 16.7. The number of hydrogen-bond acceptors (Lipinski definition) is 4. The van der Waals surface area contributed by atoms with Gasteiger partial charge in [-0.05, 0) is 37.8 Å². The third kappa shape index (κ3) is 3.76. The first-order valence-electron chi connectivity index (χ1n) is 6.67. The van der Waals surface area contributed by atoms with E-state index in [-0.39, 0.29) is 16.5 Å². The van der Waals surface area contributed by atoms with Gasteiger partial charge in [-0.25, -0.2) is 13.1 Å². The largest absolute Gasteiger partial charge is 0.306 e. The zero-order valence-corrected chi connectivity index (χ0v) is 12.6. The van der Waals surface area contributed by atoms with E-state index in [2.05, 4.69) is 4.72 Å². The van der Waals surface area contributed by atoms with Gasteiger partial charge in [0.05, 0.1) is 9.82 Å². The third-order valence-corrected chi connectivity index (χ3v) is 5.02. The maximum absolute atomic E-state index is 13.6. The average molecular weight is 316 g/mol. The molecule has 1 unspecified atom stereocenters. The van der Waals surface area contributed by atoms with E-state index in [0.717, 1.165) is 31.4 Å². The lowest BCUT2D eigenvalue weighted by molar-refractivity contribution is -0.387. The summed E-state index contributed by atoms with van der Waals surface area (Å²) in [6.45, 7) is 3.05. The minimum Gasteiger partial charge on any atom is -0.258 e. The highest BCUT2D eigenvalue weighted by Gasteiger charge is 2.28. The van der Waals surface area contributed by atoms with Crippen molar-refractivity contribution in [3.63, 3.8) is 0 Å². The maximum atomic E-state index is 13.6. The molecule has 1 aromatic rings. The number of rotatable bonds is 6. The van der Waals surface area contributed by atoms with Crippen molar-refractivity contribution < 1.29 is 17.7 Å². The summed E-state index contributed by atoms with van der Waals surface area (Å²) in [5.41, 5.74) is -0.898. The van der Waals surface area contributed by atoms with Gasteiger partial charge in [-0.3, -0.25) is 10.1 Å². The highest BCUT2D eigenvalue weighted by molar-refractivity contribution is 7.89. The number of nitro groups is 1. The lowest BCUT2D eigenvalue weighted by Gasteiger charge is -2.14. The Bertz CT molecular complexity index is 671. The fourth-order valence-electron chi connectivity index (χ4n) is 2.24. The van der Waals surface area contributed by atoms with Crippen LogP contribution in [0.3, 0.4) is 0 Å². The summed E-state index contributed by atoms with van der Waals surface area (Å²) in [5, 5.41) is 10.8. The lowest BCUT2D eigenvalue weighted by atomic mass is 10.2. The van der Waals surface area contributed by atoms with Gasteiger partial charge in [-0.2, -0.15) is 4.39 Å². The molecule has 0 aromatic heterocycles. The van der Waals surface area contributed by atoms with Crippen LogP contribution in [0.15, 0.2) is 17.0 Å². The first-order chi connectivity index (χ1) is 9.70. The Balaban J connectivity index is 2.28. The van der Waals surface area contributed by atoms with Crippen molar-refractivity contribution in [3.05, 3.63) is 33.6 Å². The van der Waals surface area contributed by atoms with Crippen molar-refractivity contribution in [1.29, 1.82) is 0 Å². The van der Waals surface area contributed by atoms with E-state index in [4.69, 9.17) is 0 Å². The van der Waals surface area contributed by atoms with Gasteiger partial charge in [-0.1, -0.05) is 12.8 Å². The fourth-order valence-corrected chi connectivity index (χ4v) is 3.60. The molecule has 6 nitrogen and oxygen atoms in total. The van der Waals surface area contributed by atoms with Gasteiger partial charge < -0.3 is 0 Å². The number of nitro benzene ring substituents is 1. The molecule has 1 aromatic carbocycles. The molecule has 0 amide bonds. The molecule has 0 aliphatic heterocycles. The van der Waals surface area contributed by atoms with Crippen LogP contribution in [0.1, 0.15) is 31.7 Å². The first-order valence-corrected chi connectivity index (χ1v) is 8.16. The molecule has 1 N–H and O–H groups in total. The number of benzene rings is 1. The highest BCUT2D eigenvalue weighted by atomic mass is 32.2. The monoisotopic (exact) mass is 316 g/mol. The Kier molecular flexibility index (Phi) is 4.29. The van der Waals surface area contributed by atoms with Crippen LogP contribution >= 0.6 is 0 Å². The standard InChI is InChI=1S/C13H17FN2O4S/c1-8-5-11(7-12(13(8)14)16(17)18)21(19,20)15-9(2)6-10-3-4-10/h5,7,9-10,15H,3-4,6H2,1-2H3. The molecule has 1 fully saturated rings. The summed E-state index contributed by atoms with van der Waals surface area (Å²) in [6.07, 6.45) is 2.95. The molecule has 116 valence electrons. The molecule has 1 saturated carbocycles. The molecule has 0 spiro atoms. The number of hydrogen-bond donors (Lipinski definition) is 1. The number of aryl methyl sites for hydroxylation is 1. The van der Waals surface area contributed by atoms with E-state index < -0.39 is 26.5 Å². The van der Waals surface area contributed by atoms with Gasteiger partial charge in [0.2, 0.25) is 15.8 Å². The van der Waals surface area contributed by atoms with E-state index in [1.807, 2.05) is 0 Å². The maximum Gasteiger partial charge on any atom is 0.306 e. The van der Waals surface area contributed by atoms with Gasteiger partial charge >= 0.3 is 5.69 Å². The molecular weight excluding hydrogens is 299 g/mol. The molecule has 1 atom stereocenters. The molecule has 0 radical (unpaired) electrons. The second-order valence-electron chi connectivity index (χ2n) is 5.53. The van der Waals surface area contributed by atoms with E-state index >= 15 is 0 Å². The molecular formula is C13H17FN2O4S. The van der Waals surface area contributed by atoms with Crippen molar-refractivity contribution in [2.24, 2.45) is 5.92 Å². The summed E-state index contributed by atoms with van der Waals surface area (Å²) in [7, 11) is -3.89. The molecule has 1 aliphatic carbocycles. The second kappa shape index (κ2) is 5.69. The van der Waals surface area contributed by atoms with Gasteiger partial charge in [0.15, 0.2) is 0 Å². The van der Waals surface area contributed by atoms with Crippen LogP contribution in [0.4, 0.5) is 10.1 Å². The molecule has 2 rings (SSSR count). The Morgan fingerprint density at radius 2 is 2.10 bits per heavy atom. The Hall–Kier alpha value is -1.54. The zero-order valence-electron chi connectivity index (χ0n) is 11.8. The SMILES string of the molecule is Cc1cc(S(=O)(=O)NC(C)CC2CC2)cc([N+](=O)[O-])c1F. The number of halogens is 1. The predicted molar refractivity (Wildman–Crippen MR) is 74.9 cm³/mol. The Morgan fingerprint density at radius 3 is 2.62 bits per heavy atom. The molecule has 21 heavy (non-hydrogen) atoms. The van der Waals surface area contributed by atoms with E-state index in [1.54, 1.807) is 6.92 Å². The van der Waals surface area contributed by atoms with E-state index in [1.165, 1.54) is 6.92 Å². The van der Waals surface area contributed by atoms with Gasteiger partial charge in [0.25, 0.3) is 0 Å². The lowest BCUT2D eigenvalue weighted by Crippen LogP contribution is -2.33. The van der Waals surface area contributed by atoms with E-state index in [0.29, 0.717) is 5.92 Å². The minimum absolute atomic E-state index is 0.0700. The summed E-state index contributed by atoms with van der Waals surface area (Å²) in [4.78, 5) is 9.58. The first kappa shape index (κ1) is 15.8. The van der Waals surface area contributed by atoms with Crippen LogP contribution in [0.25, 0.3) is 0 Å². The van der Waals surface area contributed by atoms with Gasteiger partial charge in [0, 0.05) is 12.1 Å². The predicted octanol–water partition coefficient (Wildman–Crippen LogP) is 2.51. The van der Waals surface area contributed by atoms with Crippen LogP contribution in [0, 0.1) is 28.8 Å². The van der Waals surface area contributed by atoms with Crippen LogP contribution < -0.4 is 4.72 Å². The van der Waals surface area contributed by atoms with E-state index in [9.17, 15) is 22.9 Å². The number of nitrogens with one attached hydrogen (secondary N) is 1. The van der Waals surface area contributed by atoms with Crippen LogP contribution in [0.5, 0.6) is 0 Å². The van der Waals surface area contributed by atoms with Crippen LogP contribution in [0.2, 0.25) is 0 Å². The van der Waals surface area contributed by atoms with Gasteiger partial charge in [0.1, 0.15) is 0 Å². The summed E-state index contributed by atoms with van der Waals surface area (Å²) in [6, 6.07) is 1.61. The summed E-state index contributed by atoms with van der Waals surface area (Å²) >= 11 is 0. The van der Waals surface area contributed by atoms with Crippen molar-refractivity contribution in [2.45, 2.75) is 44.0 Å². The molecule has 8 heteroatoms. The quantitative estimate of drug-likeness (QED) is 0.645. The molecule has 1 aliphatic rings. The summed E-state index contributed by atoms with van der Waals surface area (Å²) < 4.78 is 40.5. The zero-order chi connectivity index (χ0) is 15.8. The molecule has 0 saturated heterocycles. The minimum atomic E-state index is -3.89. The van der Waals surface area contributed by atoms with Crippen LogP contribution in [-0.4, -0.2) is 19.4 Å². The van der Waals surface area contributed by atoms with Crippen molar-refractivity contribution in [2.75, 3.05) is 0 Å².